The van der Waals surface area contributed by atoms with Crippen molar-refractivity contribution in [3.8, 4) is 33.6 Å². The Bertz CT molecular complexity index is 2050. The number of anilines is 1. The molecular weight excluding hydrogens is 541 g/mol. The number of furan rings is 1. The molecule has 9 heteroatoms. The summed E-state index contributed by atoms with van der Waals surface area (Å²) in [4.78, 5) is 16.5. The van der Waals surface area contributed by atoms with Crippen LogP contribution in [-0.4, -0.2) is 39.7 Å². The Labute approximate surface area is 236 Å². The fourth-order valence-corrected chi connectivity index (χ4v) is 5.61. The lowest BCUT2D eigenvalue weighted by atomic mass is 9.96. The van der Waals surface area contributed by atoms with Crippen LogP contribution in [0.25, 0.3) is 55.4 Å². The third-order valence-corrected chi connectivity index (χ3v) is 8.47. The number of carbonyl (C=O) groups is 1. The molecule has 0 saturated carbocycles. The predicted octanol–water partition coefficient (Wildman–Crippen LogP) is 6.81. The highest BCUT2D eigenvalue weighted by Crippen LogP contribution is 2.42. The van der Waals surface area contributed by atoms with E-state index in [0.29, 0.717) is 27.8 Å². The van der Waals surface area contributed by atoms with Gasteiger partial charge in [0.25, 0.3) is 5.91 Å². The normalized spacial score (nSPS) is 11.7. The molecule has 0 atom stereocenters. The third kappa shape index (κ3) is 4.64. The second-order valence-corrected chi connectivity index (χ2v) is 11.8. The molecule has 2 aromatic heterocycles. The van der Waals surface area contributed by atoms with Crippen LogP contribution in [0, 0.1) is 5.82 Å². The predicted molar refractivity (Wildman–Crippen MR) is 161 cm³/mol. The average molecular weight is 568 g/mol. The average Bonchev–Trinajstić information content (AvgIpc) is 3.57. The molecule has 0 aliphatic heterocycles. The van der Waals surface area contributed by atoms with Gasteiger partial charge in [-0.3, -0.25) is 9.10 Å². The Kier molecular flexibility index (Phi) is 6.38. The highest BCUT2D eigenvalue weighted by Gasteiger charge is 2.26. The molecule has 7 nitrogen and oxygen atoms in total. The van der Waals surface area contributed by atoms with Gasteiger partial charge in [0.1, 0.15) is 17.2 Å². The number of hydrogen-bond donors (Lipinski definition) is 2. The van der Waals surface area contributed by atoms with Crippen LogP contribution in [0.1, 0.15) is 10.4 Å². The number of aromatic amines is 1. The molecule has 41 heavy (non-hydrogen) atoms. The molecule has 0 bridgehead atoms. The first kappa shape index (κ1) is 26.3. The largest absolute Gasteiger partial charge is 0.455 e. The molecule has 0 unspecified atom stereocenters. The molecule has 2 heterocycles. The van der Waals surface area contributed by atoms with E-state index in [0.717, 1.165) is 33.8 Å². The zero-order chi connectivity index (χ0) is 28.9. The van der Waals surface area contributed by atoms with Crippen LogP contribution in [0.5, 0.6) is 0 Å². The van der Waals surface area contributed by atoms with Crippen molar-refractivity contribution in [3.05, 3.63) is 103 Å². The van der Waals surface area contributed by atoms with Gasteiger partial charge in [0.2, 0.25) is 10.0 Å². The van der Waals surface area contributed by atoms with Crippen molar-refractivity contribution in [2.75, 3.05) is 24.7 Å². The van der Waals surface area contributed by atoms with Crippen LogP contribution in [0.3, 0.4) is 0 Å². The van der Waals surface area contributed by atoms with Crippen molar-refractivity contribution in [2.45, 2.75) is 0 Å². The van der Waals surface area contributed by atoms with Gasteiger partial charge in [0, 0.05) is 59.3 Å². The molecule has 0 fully saturated rings. The van der Waals surface area contributed by atoms with E-state index in [2.05, 4.69) is 10.3 Å². The molecule has 0 aliphatic rings. The molecule has 0 radical (unpaired) electrons. The summed E-state index contributed by atoms with van der Waals surface area (Å²) in [5, 5.41) is 4.13. The van der Waals surface area contributed by atoms with Gasteiger partial charge in [0.15, 0.2) is 0 Å². The summed E-state index contributed by atoms with van der Waals surface area (Å²) >= 11 is 0. The van der Waals surface area contributed by atoms with Gasteiger partial charge in [0.05, 0.1) is 17.5 Å². The highest BCUT2D eigenvalue weighted by molar-refractivity contribution is 7.92. The van der Waals surface area contributed by atoms with E-state index in [1.54, 1.807) is 12.1 Å². The Balaban J connectivity index is 1.64. The number of sulfonamides is 1. The number of halogens is 1. The van der Waals surface area contributed by atoms with Gasteiger partial charge in [-0.25, -0.2) is 12.8 Å². The minimum absolute atomic E-state index is 0.261. The highest BCUT2D eigenvalue weighted by atomic mass is 32.2. The van der Waals surface area contributed by atoms with E-state index in [1.165, 1.54) is 42.7 Å². The van der Waals surface area contributed by atoms with Crippen molar-refractivity contribution in [1.29, 1.82) is 0 Å². The molecule has 1 amide bonds. The van der Waals surface area contributed by atoms with E-state index in [9.17, 15) is 17.6 Å². The smallest absolute Gasteiger partial charge is 0.255 e. The lowest BCUT2D eigenvalue weighted by Gasteiger charge is -2.21. The van der Waals surface area contributed by atoms with Gasteiger partial charge >= 0.3 is 0 Å². The molecule has 0 spiro atoms. The monoisotopic (exact) mass is 567 g/mol. The van der Waals surface area contributed by atoms with Crippen LogP contribution < -0.4 is 9.62 Å². The molecule has 6 rings (SSSR count). The van der Waals surface area contributed by atoms with E-state index in [-0.39, 0.29) is 17.2 Å². The minimum atomic E-state index is -3.65. The molecule has 4 aromatic carbocycles. The number of aromatic nitrogens is 1. The Morgan fingerprint density at radius 2 is 1.59 bits per heavy atom. The van der Waals surface area contributed by atoms with Crippen molar-refractivity contribution in [1.82, 2.24) is 10.3 Å². The third-order valence-electron chi connectivity index (χ3n) is 7.28. The number of hydrogen-bond acceptors (Lipinski definition) is 4. The number of fused-ring (bicyclic) bond motifs is 2. The molecular formula is C32H26FN3O4S. The van der Waals surface area contributed by atoms with Crippen molar-refractivity contribution in [3.63, 3.8) is 0 Å². The number of nitrogens with one attached hydrogen (secondary N) is 2. The van der Waals surface area contributed by atoms with E-state index >= 15 is 0 Å². The maximum atomic E-state index is 13.7. The van der Waals surface area contributed by atoms with Crippen molar-refractivity contribution >= 4 is 43.5 Å². The fourth-order valence-electron chi connectivity index (χ4n) is 5.10. The van der Waals surface area contributed by atoms with Crippen molar-refractivity contribution < 1.29 is 22.0 Å². The van der Waals surface area contributed by atoms with Gasteiger partial charge in [-0.1, -0.05) is 36.4 Å². The number of H-pyrrole nitrogens is 1. The van der Waals surface area contributed by atoms with Crippen LogP contribution in [0.15, 0.2) is 95.5 Å². The molecule has 0 aliphatic carbocycles. The van der Waals surface area contributed by atoms with Crippen LogP contribution in [-0.2, 0) is 10.0 Å². The SMILES string of the molecule is CNC(=O)c1c(-c2ccc(F)cc2)oc2cc(N(C)S(C)(=O)=O)c(-c3ccc4[nH]cc(-c5ccccc5)c4c3)cc12. The second-order valence-electron chi connectivity index (χ2n) is 9.82. The summed E-state index contributed by atoms with van der Waals surface area (Å²) in [6.07, 6.45) is 3.08. The summed E-state index contributed by atoms with van der Waals surface area (Å²) < 4.78 is 46.5. The first-order valence-corrected chi connectivity index (χ1v) is 14.7. The fraction of sp³-hybridized carbons (Fsp3) is 0.0938. The number of rotatable bonds is 6. The molecule has 2 N–H and O–H groups in total. The maximum Gasteiger partial charge on any atom is 0.255 e. The summed E-state index contributed by atoms with van der Waals surface area (Å²) in [5.41, 5.74) is 5.84. The summed E-state index contributed by atoms with van der Waals surface area (Å²) in [5.74, 6) is -0.539. The minimum Gasteiger partial charge on any atom is -0.455 e. The molecule has 6 aromatic rings. The Hall–Kier alpha value is -4.89. The van der Waals surface area contributed by atoms with Gasteiger partial charge < -0.3 is 14.7 Å². The zero-order valence-electron chi connectivity index (χ0n) is 22.5. The maximum absolute atomic E-state index is 13.7. The first-order chi connectivity index (χ1) is 19.7. The number of nitrogens with zero attached hydrogens (tertiary/aromatic N) is 1. The van der Waals surface area contributed by atoms with E-state index in [4.69, 9.17) is 4.42 Å². The van der Waals surface area contributed by atoms with Crippen LogP contribution in [0.4, 0.5) is 10.1 Å². The lowest BCUT2D eigenvalue weighted by molar-refractivity contribution is 0.0964. The lowest BCUT2D eigenvalue weighted by Crippen LogP contribution is -2.25. The Morgan fingerprint density at radius 3 is 2.27 bits per heavy atom. The van der Waals surface area contributed by atoms with Gasteiger partial charge in [-0.15, -0.1) is 0 Å². The zero-order valence-corrected chi connectivity index (χ0v) is 23.3. The Morgan fingerprint density at radius 1 is 0.878 bits per heavy atom. The quantitative estimate of drug-likeness (QED) is 0.231. The van der Waals surface area contributed by atoms with Gasteiger partial charge in [-0.2, -0.15) is 0 Å². The summed E-state index contributed by atoms with van der Waals surface area (Å²) in [7, 11) is -0.654. The number of benzene rings is 4. The van der Waals surface area contributed by atoms with Gasteiger partial charge in [-0.05, 0) is 53.6 Å². The number of carbonyl (C=O) groups excluding carboxylic acids is 1. The topological polar surface area (TPSA) is 95.4 Å². The van der Waals surface area contributed by atoms with Crippen molar-refractivity contribution in [2.24, 2.45) is 0 Å². The van der Waals surface area contributed by atoms with Crippen LogP contribution >= 0.6 is 0 Å². The summed E-state index contributed by atoms with van der Waals surface area (Å²) in [6.45, 7) is 0. The molecule has 0 saturated heterocycles. The van der Waals surface area contributed by atoms with E-state index in [1.807, 2.05) is 54.7 Å². The first-order valence-electron chi connectivity index (χ1n) is 12.8. The summed E-state index contributed by atoms with van der Waals surface area (Å²) in [6, 6.07) is 24.9. The standard InChI is InChI=1S/C32H26FN3O4S/c1-34-32(37)30-25-16-23(21-11-14-27-24(15-21)26(18-35-27)19-7-5-4-6-8-19)28(36(2)41(3,38)39)17-29(25)40-31(30)20-9-12-22(33)13-10-20/h4-18,35H,1-3H3,(H,34,37). The second kappa shape index (κ2) is 9.94. The number of amides is 1. The van der Waals surface area contributed by atoms with Crippen LogP contribution in [0.2, 0.25) is 0 Å². The molecule has 206 valence electrons. The van der Waals surface area contributed by atoms with E-state index < -0.39 is 15.8 Å².